The van der Waals surface area contributed by atoms with Gasteiger partial charge in [-0.05, 0) is 56.2 Å². The smallest absolute Gasteiger partial charge is 0.237 e. The molecule has 41 heavy (non-hydrogen) atoms. The summed E-state index contributed by atoms with van der Waals surface area (Å²) in [5.41, 5.74) is 0.529. The molecule has 1 unspecified atom stereocenters. The van der Waals surface area contributed by atoms with Gasteiger partial charge in [-0.25, -0.2) is 0 Å². The van der Waals surface area contributed by atoms with E-state index in [1.807, 2.05) is 14.0 Å². The zero-order chi connectivity index (χ0) is 29.7. The average Bonchev–Trinajstić information content (AvgIpc) is 3.57. The third-order valence-electron chi connectivity index (χ3n) is 8.86. The van der Waals surface area contributed by atoms with Gasteiger partial charge in [0, 0.05) is 43.4 Å². The highest BCUT2D eigenvalue weighted by atomic mass is 32.2. The van der Waals surface area contributed by atoms with E-state index in [4.69, 9.17) is 9.47 Å². The van der Waals surface area contributed by atoms with Crippen molar-refractivity contribution in [3.63, 3.8) is 0 Å². The molecule has 4 N–H and O–H groups in total. The summed E-state index contributed by atoms with van der Waals surface area (Å²) < 4.78 is 11.7. The lowest BCUT2D eigenvalue weighted by Gasteiger charge is -2.44. The SMILES string of the molecule is CCC[C@@H]1C[C@@H](C(=O)N[C@H](C2O[C@H](SC)[C@H](O)[C@@H](O)[C@H]2O)[C@H](C)Sc2ccc(CN3CC[C@H](OC)C3)cc2)N(C)C1. The molecule has 0 aromatic heterocycles. The van der Waals surface area contributed by atoms with Crippen molar-refractivity contribution < 1.29 is 29.6 Å². The minimum atomic E-state index is -1.37. The van der Waals surface area contributed by atoms with Gasteiger partial charge in [-0.2, -0.15) is 0 Å². The Morgan fingerprint density at radius 1 is 1.17 bits per heavy atom. The van der Waals surface area contributed by atoms with Crippen LogP contribution in [0.15, 0.2) is 29.2 Å². The molecule has 232 valence electrons. The normalized spacial score (nSPS) is 34.5. The first-order chi connectivity index (χ1) is 19.6. The lowest BCUT2D eigenvalue weighted by atomic mass is 9.92. The number of methoxy groups -OCH3 is 1. The number of rotatable bonds is 12. The van der Waals surface area contributed by atoms with Crippen molar-refractivity contribution in [2.24, 2.45) is 5.92 Å². The zero-order valence-corrected chi connectivity index (χ0v) is 26.7. The van der Waals surface area contributed by atoms with Gasteiger partial charge in [0.05, 0.1) is 18.2 Å². The zero-order valence-electron chi connectivity index (χ0n) is 25.0. The summed E-state index contributed by atoms with van der Waals surface area (Å²) in [5.74, 6) is 0.399. The fraction of sp³-hybridized carbons (Fsp3) is 0.767. The minimum absolute atomic E-state index is 0.0870. The highest BCUT2D eigenvalue weighted by Gasteiger charge is 2.48. The number of nitrogens with zero attached hydrogens (tertiary/aromatic N) is 2. The van der Waals surface area contributed by atoms with E-state index in [2.05, 4.69) is 46.3 Å². The molecule has 1 aromatic rings. The number of carbonyl (C=O) groups excluding carboxylic acids is 1. The van der Waals surface area contributed by atoms with Gasteiger partial charge in [-0.15, -0.1) is 23.5 Å². The second-order valence-corrected chi connectivity index (χ2v) is 14.3. The van der Waals surface area contributed by atoms with E-state index < -0.39 is 35.9 Å². The number of likely N-dealkylation sites (N-methyl/N-ethyl adjacent to an activating group) is 1. The van der Waals surface area contributed by atoms with Crippen molar-refractivity contribution in [3.05, 3.63) is 29.8 Å². The van der Waals surface area contributed by atoms with Crippen LogP contribution < -0.4 is 5.32 Å². The van der Waals surface area contributed by atoms with Crippen molar-refractivity contribution in [3.8, 4) is 0 Å². The Bertz CT molecular complexity index is 972. The predicted molar refractivity (Wildman–Crippen MR) is 164 cm³/mol. The molecule has 1 aromatic carbocycles. The number of thioether (sulfide) groups is 2. The molecule has 0 radical (unpaired) electrons. The van der Waals surface area contributed by atoms with Crippen molar-refractivity contribution >= 4 is 29.4 Å². The number of aliphatic hydroxyl groups excluding tert-OH is 3. The summed E-state index contributed by atoms with van der Waals surface area (Å²) in [7, 11) is 3.76. The van der Waals surface area contributed by atoms with Gasteiger partial charge >= 0.3 is 0 Å². The van der Waals surface area contributed by atoms with Crippen molar-refractivity contribution in [1.29, 1.82) is 0 Å². The van der Waals surface area contributed by atoms with Crippen LogP contribution in [0.4, 0.5) is 0 Å². The summed E-state index contributed by atoms with van der Waals surface area (Å²) in [5, 5.41) is 35.2. The Balaban J connectivity index is 1.47. The van der Waals surface area contributed by atoms with Crippen molar-refractivity contribution in [2.75, 3.05) is 40.0 Å². The van der Waals surface area contributed by atoms with Gasteiger partial charge in [-0.3, -0.25) is 14.6 Å². The molecule has 0 bridgehead atoms. The first kappa shape index (κ1) is 33.0. The van der Waals surface area contributed by atoms with E-state index in [-0.39, 0.29) is 17.2 Å². The molecule has 1 amide bonds. The molecule has 0 aliphatic carbocycles. The molecule has 4 rings (SSSR count). The topological polar surface area (TPSA) is 115 Å². The molecule has 10 atom stereocenters. The van der Waals surface area contributed by atoms with E-state index in [0.29, 0.717) is 12.0 Å². The molecule has 11 heteroatoms. The van der Waals surface area contributed by atoms with E-state index in [0.717, 1.165) is 56.8 Å². The maximum Gasteiger partial charge on any atom is 0.237 e. The van der Waals surface area contributed by atoms with Crippen molar-refractivity contribution in [1.82, 2.24) is 15.1 Å². The molecule has 3 saturated heterocycles. The Morgan fingerprint density at radius 2 is 1.90 bits per heavy atom. The number of carbonyl (C=O) groups is 1. The summed E-state index contributed by atoms with van der Waals surface area (Å²) in [4.78, 5) is 19.2. The number of amides is 1. The molecule has 0 saturated carbocycles. The minimum Gasteiger partial charge on any atom is -0.388 e. The molecule has 3 aliphatic rings. The van der Waals surface area contributed by atoms with Gasteiger partial charge in [0.2, 0.25) is 5.91 Å². The number of hydrogen-bond donors (Lipinski definition) is 4. The Labute approximate surface area is 253 Å². The fourth-order valence-electron chi connectivity index (χ4n) is 6.47. The first-order valence-electron chi connectivity index (χ1n) is 14.9. The molecule has 9 nitrogen and oxygen atoms in total. The van der Waals surface area contributed by atoms with Gasteiger partial charge in [0.25, 0.3) is 0 Å². The monoisotopic (exact) mass is 611 g/mol. The first-order valence-corrected chi connectivity index (χ1v) is 17.1. The number of aliphatic hydroxyl groups is 3. The molecular formula is C30H49N3O6S2. The quantitative estimate of drug-likeness (QED) is 0.262. The van der Waals surface area contributed by atoms with E-state index in [1.165, 1.54) is 17.3 Å². The number of nitrogens with one attached hydrogen (secondary N) is 1. The Kier molecular flexibility index (Phi) is 12.2. The number of benzene rings is 1. The fourth-order valence-corrected chi connectivity index (χ4v) is 8.25. The van der Waals surface area contributed by atoms with Crippen LogP contribution in [0, 0.1) is 5.92 Å². The van der Waals surface area contributed by atoms with Crippen LogP contribution in [-0.2, 0) is 20.8 Å². The van der Waals surface area contributed by atoms with Crippen LogP contribution in [0.25, 0.3) is 0 Å². The van der Waals surface area contributed by atoms with Crippen LogP contribution in [0.5, 0.6) is 0 Å². The second kappa shape index (κ2) is 15.2. The van der Waals surface area contributed by atoms with E-state index >= 15 is 0 Å². The summed E-state index contributed by atoms with van der Waals surface area (Å²) in [6.07, 6.45) is 1.35. The molecule has 3 heterocycles. The highest BCUT2D eigenvalue weighted by molar-refractivity contribution is 8.00. The number of hydrogen-bond acceptors (Lipinski definition) is 10. The van der Waals surface area contributed by atoms with Gasteiger partial charge in [0.15, 0.2) is 0 Å². The van der Waals surface area contributed by atoms with Crippen LogP contribution in [-0.4, -0.2) is 124 Å². The van der Waals surface area contributed by atoms with E-state index in [9.17, 15) is 20.1 Å². The summed E-state index contributed by atoms with van der Waals surface area (Å²) in [6.45, 7) is 7.93. The third-order valence-corrected chi connectivity index (χ3v) is 10.9. The standard InChI is InChI=1S/C30H49N3O6S2/c1-6-7-20-14-23(32(3)15-20)29(37)31-24(28-26(35)25(34)27(36)30(39-28)40-5)18(2)41-22-10-8-19(9-11-22)16-33-13-12-21(17-33)38-4/h8-11,18,20-21,23-28,30,34-36H,6-7,12-17H2,1-5H3,(H,31,37)/t18-,20+,21-,23-,24-,25-,26+,27+,28?,30+/m0/s1. The van der Waals surface area contributed by atoms with Crippen molar-refractivity contribution in [2.45, 2.75) is 104 Å². The maximum atomic E-state index is 13.6. The number of ether oxygens (including phenoxy) is 2. The van der Waals surface area contributed by atoms with Gasteiger partial charge in [0.1, 0.15) is 29.9 Å². The summed E-state index contributed by atoms with van der Waals surface area (Å²) >= 11 is 2.88. The Hall–Kier alpha value is -0.890. The van der Waals surface area contributed by atoms with Crippen LogP contribution in [0.3, 0.4) is 0 Å². The molecule has 3 aliphatic heterocycles. The highest BCUT2D eigenvalue weighted by Crippen LogP contribution is 2.34. The van der Waals surface area contributed by atoms with Crippen LogP contribution in [0.2, 0.25) is 0 Å². The predicted octanol–water partition coefficient (Wildman–Crippen LogP) is 2.16. The largest absolute Gasteiger partial charge is 0.388 e. The maximum absolute atomic E-state index is 13.6. The van der Waals surface area contributed by atoms with Crippen LogP contribution >= 0.6 is 23.5 Å². The Morgan fingerprint density at radius 3 is 2.54 bits per heavy atom. The van der Waals surface area contributed by atoms with E-state index in [1.54, 1.807) is 25.1 Å². The average molecular weight is 612 g/mol. The second-order valence-electron chi connectivity index (χ2n) is 11.9. The van der Waals surface area contributed by atoms with Gasteiger partial charge in [-0.1, -0.05) is 32.4 Å². The lowest BCUT2D eigenvalue weighted by Crippen LogP contribution is -2.65. The lowest BCUT2D eigenvalue weighted by molar-refractivity contribution is -0.205. The van der Waals surface area contributed by atoms with Gasteiger partial charge < -0.3 is 30.1 Å². The third kappa shape index (κ3) is 8.19. The molecular weight excluding hydrogens is 562 g/mol. The molecule has 0 spiro atoms. The number of likely N-dealkylation sites (tertiary alicyclic amines) is 2. The van der Waals surface area contributed by atoms with Crippen LogP contribution in [0.1, 0.15) is 45.1 Å². The summed E-state index contributed by atoms with van der Waals surface area (Å²) in [6, 6.07) is 7.64. The molecule has 3 fully saturated rings.